The average Bonchev–Trinajstić information content (AvgIpc) is 3.09. The zero-order chi connectivity index (χ0) is 15.2. The number of halogens is 2. The molecule has 0 N–H and O–H groups in total. The van der Waals surface area contributed by atoms with Crippen LogP contribution in [0, 0.1) is 11.7 Å². The summed E-state index contributed by atoms with van der Waals surface area (Å²) in [7, 11) is 0. The molecule has 112 valence electrons. The summed E-state index contributed by atoms with van der Waals surface area (Å²) in [5.74, 6) is 0.556. The lowest BCUT2D eigenvalue weighted by atomic mass is 10.0. The monoisotopic (exact) mass is 350 g/mol. The zero-order valence-corrected chi connectivity index (χ0v) is 14.2. The van der Waals surface area contributed by atoms with Crippen molar-refractivity contribution in [2.45, 2.75) is 45.6 Å². The van der Waals surface area contributed by atoms with Crippen LogP contribution in [0.3, 0.4) is 0 Å². The molecule has 21 heavy (non-hydrogen) atoms. The van der Waals surface area contributed by atoms with E-state index in [1.54, 1.807) is 12.1 Å². The van der Waals surface area contributed by atoms with E-state index in [0.717, 1.165) is 28.1 Å². The Morgan fingerprint density at radius 2 is 2.05 bits per heavy atom. The molecule has 0 bridgehead atoms. The lowest BCUT2D eigenvalue weighted by Crippen LogP contribution is -2.24. The minimum Gasteiger partial charge on any atom is -0.259 e. The van der Waals surface area contributed by atoms with E-state index in [1.807, 2.05) is 10.9 Å². The zero-order valence-electron chi connectivity index (χ0n) is 12.7. The number of hydrogen-bond donors (Lipinski definition) is 0. The van der Waals surface area contributed by atoms with E-state index >= 15 is 0 Å². The molecule has 0 radical (unpaired) electrons. The van der Waals surface area contributed by atoms with Crippen molar-refractivity contribution in [2.24, 2.45) is 5.92 Å². The van der Waals surface area contributed by atoms with Crippen molar-refractivity contribution < 1.29 is 4.39 Å². The third kappa shape index (κ3) is 3.05. The van der Waals surface area contributed by atoms with Crippen molar-refractivity contribution in [1.29, 1.82) is 0 Å². The molecule has 1 aromatic heterocycles. The molecular weight excluding hydrogens is 331 g/mol. The largest absolute Gasteiger partial charge is 0.259 e. The highest BCUT2D eigenvalue weighted by Gasteiger charge is 2.28. The van der Waals surface area contributed by atoms with Gasteiger partial charge in [0.05, 0.1) is 17.4 Å². The van der Waals surface area contributed by atoms with Crippen LogP contribution in [0.25, 0.3) is 11.3 Å². The number of hydrogen-bond acceptors (Lipinski definition) is 1. The minimum atomic E-state index is -0.216. The molecule has 1 fully saturated rings. The topological polar surface area (TPSA) is 17.8 Å². The van der Waals surface area contributed by atoms with E-state index in [9.17, 15) is 4.39 Å². The number of aromatic nitrogens is 2. The van der Waals surface area contributed by atoms with Crippen LogP contribution in [0.1, 0.15) is 39.2 Å². The van der Waals surface area contributed by atoms with E-state index in [4.69, 9.17) is 0 Å². The summed E-state index contributed by atoms with van der Waals surface area (Å²) >= 11 is 3.56. The Balaban J connectivity index is 2.17. The molecule has 0 aliphatic heterocycles. The van der Waals surface area contributed by atoms with Crippen LogP contribution in [0.5, 0.6) is 0 Å². The van der Waals surface area contributed by atoms with E-state index in [-0.39, 0.29) is 11.4 Å². The quantitative estimate of drug-likeness (QED) is 0.747. The van der Waals surface area contributed by atoms with Crippen LogP contribution < -0.4 is 0 Å². The van der Waals surface area contributed by atoms with Gasteiger partial charge in [0.15, 0.2) is 0 Å². The fraction of sp³-hybridized carbons (Fsp3) is 0.471. The van der Waals surface area contributed by atoms with Gasteiger partial charge in [0.2, 0.25) is 0 Å². The van der Waals surface area contributed by atoms with Crippen LogP contribution >= 0.6 is 15.9 Å². The Hall–Kier alpha value is -1.16. The second kappa shape index (κ2) is 5.24. The molecule has 0 amide bonds. The van der Waals surface area contributed by atoms with Gasteiger partial charge < -0.3 is 0 Å². The lowest BCUT2D eigenvalue weighted by Gasteiger charge is -2.23. The van der Waals surface area contributed by atoms with Gasteiger partial charge in [-0.05, 0) is 69.7 Å². The van der Waals surface area contributed by atoms with Gasteiger partial charge in [0.25, 0.3) is 0 Å². The number of benzene rings is 1. The first-order chi connectivity index (χ1) is 9.86. The molecule has 3 rings (SSSR count). The molecule has 0 saturated heterocycles. The smallest absolute Gasteiger partial charge is 0.123 e. The molecule has 0 atom stereocenters. The number of rotatable bonds is 3. The van der Waals surface area contributed by atoms with Gasteiger partial charge in [-0.15, -0.1) is 0 Å². The predicted molar refractivity (Wildman–Crippen MR) is 86.7 cm³/mol. The van der Waals surface area contributed by atoms with Crippen LogP contribution in [0.4, 0.5) is 4.39 Å². The Bertz CT molecular complexity index is 666. The second-order valence-electron chi connectivity index (χ2n) is 6.87. The Labute approximate surface area is 133 Å². The molecule has 1 saturated carbocycles. The number of nitrogens with zero attached hydrogens (tertiary/aromatic N) is 2. The highest BCUT2D eigenvalue weighted by atomic mass is 79.9. The van der Waals surface area contributed by atoms with Crippen molar-refractivity contribution >= 4 is 15.9 Å². The van der Waals surface area contributed by atoms with Gasteiger partial charge in [-0.25, -0.2) is 4.39 Å². The third-order valence-corrected chi connectivity index (χ3v) is 4.56. The van der Waals surface area contributed by atoms with Crippen molar-refractivity contribution in [2.75, 3.05) is 0 Å². The van der Waals surface area contributed by atoms with Crippen LogP contribution in [0.2, 0.25) is 0 Å². The van der Waals surface area contributed by atoms with Crippen molar-refractivity contribution in [3.63, 3.8) is 0 Å². The van der Waals surface area contributed by atoms with Gasteiger partial charge in [0, 0.05) is 10.0 Å². The fourth-order valence-electron chi connectivity index (χ4n) is 2.64. The van der Waals surface area contributed by atoms with Crippen molar-refractivity contribution in [1.82, 2.24) is 9.78 Å². The van der Waals surface area contributed by atoms with Gasteiger partial charge in [-0.1, -0.05) is 15.9 Å². The Morgan fingerprint density at radius 1 is 1.33 bits per heavy atom. The summed E-state index contributed by atoms with van der Waals surface area (Å²) in [5, 5.41) is 4.59. The van der Waals surface area contributed by atoms with E-state index in [1.165, 1.54) is 24.5 Å². The maximum atomic E-state index is 13.7. The molecule has 0 unspecified atom stereocenters. The summed E-state index contributed by atoms with van der Waals surface area (Å²) in [6.45, 7) is 6.37. The molecule has 0 spiro atoms. The van der Waals surface area contributed by atoms with Crippen molar-refractivity contribution in [3.8, 4) is 11.3 Å². The third-order valence-electron chi connectivity index (χ3n) is 3.87. The van der Waals surface area contributed by atoms with Crippen LogP contribution in [-0.4, -0.2) is 9.78 Å². The SMILES string of the molecule is CC(C)(C)n1ncc(CC2CC2)c1-c1cc(F)ccc1Br. The van der Waals surface area contributed by atoms with Gasteiger partial charge in [-0.2, -0.15) is 5.10 Å². The van der Waals surface area contributed by atoms with Gasteiger partial charge >= 0.3 is 0 Å². The second-order valence-corrected chi connectivity index (χ2v) is 7.73. The highest BCUT2D eigenvalue weighted by molar-refractivity contribution is 9.10. The maximum absolute atomic E-state index is 13.7. The summed E-state index contributed by atoms with van der Waals surface area (Å²) in [6, 6.07) is 4.84. The van der Waals surface area contributed by atoms with Crippen LogP contribution in [-0.2, 0) is 12.0 Å². The summed E-state index contributed by atoms with van der Waals surface area (Å²) in [5.41, 5.74) is 3.01. The lowest BCUT2D eigenvalue weighted by molar-refractivity contribution is 0.359. The minimum absolute atomic E-state index is 0.136. The first kappa shape index (κ1) is 14.8. The Kier molecular flexibility index (Phi) is 3.68. The highest BCUT2D eigenvalue weighted by Crippen LogP contribution is 2.39. The molecule has 2 nitrogen and oxygen atoms in total. The predicted octanol–water partition coefficient (Wildman–Crippen LogP) is 5.16. The standard InChI is InChI=1S/C17H20BrFN2/c1-17(2,3)21-16(12(10-20-21)8-11-4-5-11)14-9-13(19)6-7-15(14)18/h6-7,9-11H,4-5,8H2,1-3H3. The maximum Gasteiger partial charge on any atom is 0.123 e. The average molecular weight is 351 g/mol. The molecule has 2 aromatic rings. The molecule has 4 heteroatoms. The van der Waals surface area contributed by atoms with Gasteiger partial charge in [-0.3, -0.25) is 4.68 Å². The van der Waals surface area contributed by atoms with E-state index < -0.39 is 0 Å². The first-order valence-corrected chi connectivity index (χ1v) is 8.18. The fourth-order valence-corrected chi connectivity index (χ4v) is 3.07. The summed E-state index contributed by atoms with van der Waals surface area (Å²) in [4.78, 5) is 0. The molecule has 1 aliphatic rings. The van der Waals surface area contributed by atoms with E-state index in [0.29, 0.717) is 0 Å². The molecule has 1 aromatic carbocycles. The summed E-state index contributed by atoms with van der Waals surface area (Å²) < 4.78 is 16.7. The molecular formula is C17H20BrFN2. The molecule has 1 aliphatic carbocycles. The van der Waals surface area contributed by atoms with E-state index in [2.05, 4.69) is 41.8 Å². The Morgan fingerprint density at radius 3 is 2.67 bits per heavy atom. The van der Waals surface area contributed by atoms with Crippen molar-refractivity contribution in [3.05, 3.63) is 40.2 Å². The normalized spacial score (nSPS) is 15.5. The first-order valence-electron chi connectivity index (χ1n) is 7.39. The molecule has 1 heterocycles. The van der Waals surface area contributed by atoms with Crippen LogP contribution in [0.15, 0.2) is 28.9 Å². The van der Waals surface area contributed by atoms with Gasteiger partial charge in [0.1, 0.15) is 5.82 Å². The summed E-state index contributed by atoms with van der Waals surface area (Å²) in [6.07, 6.45) is 5.58.